The van der Waals surface area contributed by atoms with Crippen molar-refractivity contribution in [1.82, 2.24) is 0 Å². The van der Waals surface area contributed by atoms with Crippen LogP contribution in [0.2, 0.25) is 0 Å². The van der Waals surface area contributed by atoms with Crippen molar-refractivity contribution < 1.29 is 9.47 Å². The van der Waals surface area contributed by atoms with Crippen LogP contribution in [0.15, 0.2) is 18.2 Å². The second-order valence-corrected chi connectivity index (χ2v) is 6.75. The highest BCUT2D eigenvalue weighted by atomic mass is 16.6. The summed E-state index contributed by atoms with van der Waals surface area (Å²) in [7, 11) is 0. The zero-order chi connectivity index (χ0) is 16.3. The summed E-state index contributed by atoms with van der Waals surface area (Å²) >= 11 is 0. The molecule has 0 N–H and O–H groups in total. The van der Waals surface area contributed by atoms with Crippen LogP contribution in [0.1, 0.15) is 70.8 Å². The molecule has 1 fully saturated rings. The van der Waals surface area contributed by atoms with Gasteiger partial charge in [0.05, 0.1) is 25.9 Å². The van der Waals surface area contributed by atoms with Crippen molar-refractivity contribution in [3.8, 4) is 0 Å². The van der Waals surface area contributed by atoms with E-state index in [2.05, 4.69) is 32.0 Å². The van der Waals surface area contributed by atoms with Crippen molar-refractivity contribution in [3.05, 3.63) is 34.2 Å². The predicted octanol–water partition coefficient (Wildman–Crippen LogP) is 5.39. The third-order valence-electron chi connectivity index (χ3n) is 4.73. The van der Waals surface area contributed by atoms with Crippen LogP contribution in [0.25, 0.3) is 0 Å². The van der Waals surface area contributed by atoms with Crippen LogP contribution >= 0.6 is 0 Å². The Hall–Kier alpha value is -0.860. The van der Waals surface area contributed by atoms with E-state index in [0.717, 1.165) is 19.8 Å². The van der Waals surface area contributed by atoms with Gasteiger partial charge in [0.1, 0.15) is 0 Å². The minimum atomic E-state index is 0.385. The smallest absolute Gasteiger partial charge is 0.0809 e. The second kappa shape index (κ2) is 10.8. The molecule has 1 heterocycles. The topological polar surface area (TPSA) is 18.5 Å². The van der Waals surface area contributed by atoms with Gasteiger partial charge in [0.25, 0.3) is 0 Å². The Kier molecular flexibility index (Phi) is 8.70. The summed E-state index contributed by atoms with van der Waals surface area (Å²) in [5.41, 5.74) is 1.59. The maximum atomic E-state index is 5.53. The van der Waals surface area contributed by atoms with Crippen molar-refractivity contribution in [3.63, 3.8) is 0 Å². The number of hydrogen-bond donors (Lipinski definition) is 0. The minimum absolute atomic E-state index is 0.385. The van der Waals surface area contributed by atoms with Gasteiger partial charge < -0.3 is 9.47 Å². The van der Waals surface area contributed by atoms with Crippen LogP contribution in [0.3, 0.4) is 0 Å². The molecule has 1 unspecified atom stereocenters. The number of ether oxygens (including phenoxy) is 2. The lowest BCUT2D eigenvalue weighted by atomic mass is 9.95. The summed E-state index contributed by atoms with van der Waals surface area (Å²) in [6, 6.07) is 6.75. The third-order valence-corrected chi connectivity index (χ3v) is 4.73. The van der Waals surface area contributed by atoms with E-state index < -0.39 is 0 Å². The molecule has 0 bridgehead atoms. The van der Waals surface area contributed by atoms with Gasteiger partial charge in [-0.3, -0.25) is 0 Å². The first kappa shape index (κ1) is 18.5. The van der Waals surface area contributed by atoms with Gasteiger partial charge in [-0.05, 0) is 35.3 Å². The van der Waals surface area contributed by atoms with Crippen LogP contribution in [-0.2, 0) is 15.9 Å². The number of unbranched alkanes of at least 4 members (excludes halogenated alkanes) is 5. The summed E-state index contributed by atoms with van der Waals surface area (Å²) in [4.78, 5) is 0. The summed E-state index contributed by atoms with van der Waals surface area (Å²) in [5.74, 6) is 0. The van der Waals surface area contributed by atoms with Gasteiger partial charge >= 0.3 is 0 Å². The average Bonchev–Trinajstić information content (AvgIpc) is 2.57. The summed E-state index contributed by atoms with van der Waals surface area (Å²) in [6.07, 6.45) is 12.2. The molecule has 2 aliphatic carbocycles. The van der Waals surface area contributed by atoms with E-state index in [4.69, 9.17) is 9.47 Å². The average molecular weight is 319 g/mol. The molecule has 3 aliphatic rings. The molecule has 130 valence electrons. The van der Waals surface area contributed by atoms with E-state index in [9.17, 15) is 0 Å². The lowest BCUT2D eigenvalue weighted by Gasteiger charge is -2.22. The zero-order valence-electron chi connectivity index (χ0n) is 15.1. The molecule has 1 aliphatic heterocycles. The van der Waals surface area contributed by atoms with Gasteiger partial charge in [-0.15, -0.1) is 0 Å². The number of hydrogen-bond acceptors (Lipinski definition) is 2. The van der Waals surface area contributed by atoms with Crippen molar-refractivity contribution >= 4 is 0 Å². The monoisotopic (exact) mass is 318 g/mol. The van der Waals surface area contributed by atoms with Crippen LogP contribution in [-0.4, -0.2) is 25.9 Å². The Balaban J connectivity index is 0.000000167. The molecule has 1 saturated heterocycles. The molecule has 1 atom stereocenters. The molecule has 0 aromatic heterocycles. The fraction of sp³-hybridized carbons (Fsp3) is 0.714. The standard InChI is InChI=1S/C11H14.C10H20O2/c1-2-3-4-5-9-8-10-6-7-11(9)10;1-2-3-4-5-6-10-9-11-7-8-12-10/h6-8H,2-5H2,1H3;10H,2-9H2,1H3. The third kappa shape index (κ3) is 6.27. The van der Waals surface area contributed by atoms with Crippen LogP contribution in [0.5, 0.6) is 0 Å². The predicted molar refractivity (Wildman–Crippen MR) is 96.7 cm³/mol. The quantitative estimate of drug-likeness (QED) is 0.577. The zero-order valence-corrected chi connectivity index (χ0v) is 15.1. The minimum Gasteiger partial charge on any atom is -0.376 e. The van der Waals surface area contributed by atoms with Gasteiger partial charge in [-0.25, -0.2) is 0 Å². The highest BCUT2D eigenvalue weighted by molar-refractivity contribution is 5.33. The fourth-order valence-electron chi connectivity index (χ4n) is 3.14. The molecular weight excluding hydrogens is 284 g/mol. The molecule has 0 radical (unpaired) electrons. The molecule has 0 amide bonds. The SMILES string of the molecule is CCCCCCC1COCCO1.CCCCCc1cc2ccc1=2. The Labute approximate surface area is 141 Å². The van der Waals surface area contributed by atoms with Crippen molar-refractivity contribution in [2.45, 2.75) is 77.7 Å². The first-order valence-corrected chi connectivity index (χ1v) is 9.67. The van der Waals surface area contributed by atoms with Crippen LogP contribution < -0.4 is 0 Å². The first-order valence-electron chi connectivity index (χ1n) is 9.67. The molecule has 0 aromatic carbocycles. The maximum absolute atomic E-state index is 5.53. The van der Waals surface area contributed by atoms with E-state index in [-0.39, 0.29) is 0 Å². The van der Waals surface area contributed by atoms with Gasteiger partial charge in [-0.2, -0.15) is 0 Å². The highest BCUT2D eigenvalue weighted by Gasteiger charge is 2.12. The fourth-order valence-corrected chi connectivity index (χ4v) is 3.14. The summed E-state index contributed by atoms with van der Waals surface area (Å²) in [5, 5.41) is 3.03. The highest BCUT2D eigenvalue weighted by Crippen LogP contribution is 2.18. The largest absolute Gasteiger partial charge is 0.376 e. The summed E-state index contributed by atoms with van der Waals surface area (Å²) < 4.78 is 10.8. The second-order valence-electron chi connectivity index (χ2n) is 6.75. The number of rotatable bonds is 9. The van der Waals surface area contributed by atoms with Crippen LogP contribution in [0.4, 0.5) is 0 Å². The molecule has 0 spiro atoms. The van der Waals surface area contributed by atoms with Crippen molar-refractivity contribution in [2.24, 2.45) is 0 Å². The van der Waals surface area contributed by atoms with E-state index in [1.54, 1.807) is 10.8 Å². The van der Waals surface area contributed by atoms with E-state index in [0.29, 0.717) is 6.10 Å². The molecular formula is C21H34O2. The molecule has 0 aromatic rings. The van der Waals surface area contributed by atoms with E-state index in [1.165, 1.54) is 63.0 Å². The Bertz CT molecular complexity index is 517. The van der Waals surface area contributed by atoms with Crippen LogP contribution in [0, 0.1) is 10.4 Å². The number of benzene rings is 1. The van der Waals surface area contributed by atoms with Gasteiger partial charge in [0.15, 0.2) is 0 Å². The molecule has 2 heteroatoms. The van der Waals surface area contributed by atoms with Gasteiger partial charge in [-0.1, -0.05) is 70.6 Å². The first-order chi connectivity index (χ1) is 11.3. The Morgan fingerprint density at radius 2 is 1.78 bits per heavy atom. The summed E-state index contributed by atoms with van der Waals surface area (Å²) in [6.45, 7) is 6.87. The Morgan fingerprint density at radius 1 is 0.957 bits per heavy atom. The molecule has 2 nitrogen and oxygen atoms in total. The molecule has 0 saturated carbocycles. The Morgan fingerprint density at radius 3 is 2.35 bits per heavy atom. The van der Waals surface area contributed by atoms with Gasteiger partial charge in [0, 0.05) is 0 Å². The molecule has 3 rings (SSSR count). The van der Waals surface area contributed by atoms with Crippen molar-refractivity contribution in [2.75, 3.05) is 19.8 Å². The lowest BCUT2D eigenvalue weighted by Crippen LogP contribution is -2.28. The van der Waals surface area contributed by atoms with Gasteiger partial charge in [0.2, 0.25) is 0 Å². The number of aryl methyl sites for hydroxylation is 1. The normalized spacial score (nSPS) is 18.3. The van der Waals surface area contributed by atoms with E-state index >= 15 is 0 Å². The lowest BCUT2D eigenvalue weighted by molar-refractivity contribution is -0.0912. The van der Waals surface area contributed by atoms with Crippen molar-refractivity contribution in [1.29, 1.82) is 0 Å². The maximum Gasteiger partial charge on any atom is 0.0809 e. The molecule has 23 heavy (non-hydrogen) atoms. The van der Waals surface area contributed by atoms with E-state index in [1.807, 2.05) is 0 Å².